The molecular formula is C18H16N2O6S2. The van der Waals surface area contributed by atoms with Crippen LogP contribution in [0.5, 0.6) is 0 Å². The van der Waals surface area contributed by atoms with Gasteiger partial charge in [0.15, 0.2) is 5.78 Å². The van der Waals surface area contributed by atoms with Crippen molar-refractivity contribution >= 4 is 33.1 Å². The van der Waals surface area contributed by atoms with Crippen molar-refractivity contribution in [1.29, 1.82) is 0 Å². The molecule has 2 heterocycles. The van der Waals surface area contributed by atoms with Crippen molar-refractivity contribution < 1.29 is 27.2 Å². The van der Waals surface area contributed by atoms with Gasteiger partial charge in [0.05, 0.1) is 9.77 Å². The maximum Gasteiger partial charge on any atom is 0.321 e. The molecule has 146 valence electrons. The van der Waals surface area contributed by atoms with Crippen LogP contribution < -0.4 is 4.72 Å². The lowest BCUT2D eigenvalue weighted by Crippen LogP contribution is -2.30. The smallest absolute Gasteiger partial charge is 0.321 e. The van der Waals surface area contributed by atoms with Gasteiger partial charge in [-0.3, -0.25) is 9.59 Å². The molecule has 0 unspecified atom stereocenters. The number of hydrogen-bond donors (Lipinski definition) is 1. The minimum atomic E-state index is -3.90. The van der Waals surface area contributed by atoms with Gasteiger partial charge in [0.25, 0.3) is 0 Å². The molecule has 0 radical (unpaired) electrons. The summed E-state index contributed by atoms with van der Waals surface area (Å²) in [6.45, 7) is 0.713. The van der Waals surface area contributed by atoms with Gasteiger partial charge in [-0.15, -0.1) is 11.3 Å². The highest BCUT2D eigenvalue weighted by atomic mass is 32.2. The van der Waals surface area contributed by atoms with Crippen LogP contribution in [0.4, 0.5) is 0 Å². The Balaban J connectivity index is 1.51. The summed E-state index contributed by atoms with van der Waals surface area (Å²) in [5.41, 5.74) is 0.812. The number of oxazole rings is 1. The fourth-order valence-electron chi connectivity index (χ4n) is 2.20. The van der Waals surface area contributed by atoms with Crippen LogP contribution in [0.2, 0.25) is 0 Å². The molecule has 0 aliphatic heterocycles. The lowest BCUT2D eigenvalue weighted by Gasteiger charge is -2.07. The minimum absolute atomic E-state index is 0.0533. The van der Waals surface area contributed by atoms with Gasteiger partial charge in [-0.2, -0.15) is 4.72 Å². The van der Waals surface area contributed by atoms with Gasteiger partial charge in [0.1, 0.15) is 25.1 Å². The molecule has 10 heteroatoms. The van der Waals surface area contributed by atoms with Crippen LogP contribution in [0.15, 0.2) is 57.4 Å². The van der Waals surface area contributed by atoms with Crippen LogP contribution in [-0.2, 0) is 26.2 Å². The summed E-state index contributed by atoms with van der Waals surface area (Å²) in [6.07, 6.45) is 1.38. The Hall–Kier alpha value is -2.82. The monoisotopic (exact) mass is 420 g/mol. The van der Waals surface area contributed by atoms with E-state index in [0.29, 0.717) is 17.1 Å². The molecule has 0 saturated carbocycles. The normalized spacial score (nSPS) is 11.3. The van der Waals surface area contributed by atoms with Gasteiger partial charge in [-0.25, -0.2) is 13.4 Å². The molecule has 3 aromatic rings. The van der Waals surface area contributed by atoms with Crippen LogP contribution in [0.3, 0.4) is 0 Å². The Morgan fingerprint density at radius 1 is 1.21 bits per heavy atom. The Morgan fingerprint density at radius 3 is 2.61 bits per heavy atom. The first-order valence-corrected chi connectivity index (χ1v) is 10.5. The molecule has 28 heavy (non-hydrogen) atoms. The summed E-state index contributed by atoms with van der Waals surface area (Å²) in [7, 11) is -3.90. The molecule has 0 aliphatic rings. The molecule has 0 amide bonds. The second kappa shape index (κ2) is 8.46. The van der Waals surface area contributed by atoms with Crippen LogP contribution >= 0.6 is 11.3 Å². The van der Waals surface area contributed by atoms with E-state index in [1.165, 1.54) is 48.8 Å². The molecule has 8 nitrogen and oxygen atoms in total. The van der Waals surface area contributed by atoms with Crippen LogP contribution in [0.1, 0.15) is 23.0 Å². The van der Waals surface area contributed by atoms with Gasteiger partial charge in [0.2, 0.25) is 15.9 Å². The van der Waals surface area contributed by atoms with Crippen molar-refractivity contribution in [3.05, 3.63) is 59.3 Å². The number of Topliss-reactive ketones (excluding diaryl/α,β-unsaturated/α-hetero) is 1. The lowest BCUT2D eigenvalue weighted by atomic mass is 10.2. The third-order valence-corrected chi connectivity index (χ3v) is 5.92. The molecule has 3 rings (SSSR count). The van der Waals surface area contributed by atoms with E-state index in [1.54, 1.807) is 0 Å². The third kappa shape index (κ3) is 4.91. The number of hydrogen-bond acceptors (Lipinski definition) is 8. The van der Waals surface area contributed by atoms with Gasteiger partial charge < -0.3 is 9.15 Å². The van der Waals surface area contributed by atoms with E-state index in [4.69, 9.17) is 9.15 Å². The first-order chi connectivity index (χ1) is 13.3. The molecule has 1 N–H and O–H groups in total. The first kappa shape index (κ1) is 19.9. The molecule has 0 fully saturated rings. The SMILES string of the molecule is CC(=O)c1ccc(S(=O)(=O)NCC(=O)OCc2coc(-c3cccs3)n2)cc1. The van der Waals surface area contributed by atoms with Gasteiger partial charge >= 0.3 is 5.97 Å². The second-order valence-electron chi connectivity index (χ2n) is 5.69. The predicted molar refractivity (Wildman–Crippen MR) is 101 cm³/mol. The Morgan fingerprint density at radius 2 is 1.96 bits per heavy atom. The minimum Gasteiger partial charge on any atom is -0.458 e. The van der Waals surface area contributed by atoms with Crippen molar-refractivity contribution in [3.63, 3.8) is 0 Å². The maximum absolute atomic E-state index is 12.2. The zero-order valence-electron chi connectivity index (χ0n) is 14.7. The summed E-state index contributed by atoms with van der Waals surface area (Å²) in [5, 5.41) is 1.89. The highest BCUT2D eigenvalue weighted by molar-refractivity contribution is 7.89. The number of ketones is 1. The molecule has 0 aliphatic carbocycles. The molecular weight excluding hydrogens is 404 g/mol. The maximum atomic E-state index is 12.2. The van der Waals surface area contributed by atoms with E-state index in [1.807, 2.05) is 17.5 Å². The topological polar surface area (TPSA) is 116 Å². The van der Waals surface area contributed by atoms with Crippen molar-refractivity contribution in [1.82, 2.24) is 9.71 Å². The van der Waals surface area contributed by atoms with Crippen molar-refractivity contribution in [2.75, 3.05) is 6.54 Å². The number of nitrogens with zero attached hydrogens (tertiary/aromatic N) is 1. The standard InChI is InChI=1S/C18H16N2O6S2/c1-12(21)13-4-6-15(7-5-13)28(23,24)19-9-17(22)25-10-14-11-26-18(20-14)16-3-2-8-27-16/h2-8,11,19H,9-10H2,1H3. The molecule has 1 aromatic carbocycles. The Labute approximate surface area is 165 Å². The van der Waals surface area contributed by atoms with E-state index in [9.17, 15) is 18.0 Å². The van der Waals surface area contributed by atoms with Crippen LogP contribution in [0.25, 0.3) is 10.8 Å². The van der Waals surface area contributed by atoms with Gasteiger partial charge in [0, 0.05) is 5.56 Å². The number of carbonyl (C=O) groups excluding carboxylic acids is 2. The fourth-order valence-corrected chi connectivity index (χ4v) is 3.82. The summed E-state index contributed by atoms with van der Waals surface area (Å²) in [6, 6.07) is 9.13. The molecule has 0 atom stereocenters. The number of sulfonamides is 1. The largest absolute Gasteiger partial charge is 0.458 e. The molecule has 0 saturated heterocycles. The molecule has 2 aromatic heterocycles. The Kier molecular flexibility index (Phi) is 6.02. The zero-order chi connectivity index (χ0) is 20.1. The zero-order valence-corrected chi connectivity index (χ0v) is 16.4. The van der Waals surface area contributed by atoms with E-state index in [0.717, 1.165) is 4.88 Å². The summed E-state index contributed by atoms with van der Waals surface area (Å²) < 4.78 is 36.9. The van der Waals surface area contributed by atoms with Crippen molar-refractivity contribution in [2.24, 2.45) is 0 Å². The van der Waals surface area contributed by atoms with Gasteiger partial charge in [-0.05, 0) is 30.5 Å². The predicted octanol–water partition coefficient (Wildman–Crippen LogP) is 2.63. The number of rotatable bonds is 8. The Bertz CT molecular complexity index is 1070. The highest BCUT2D eigenvalue weighted by Crippen LogP contribution is 2.23. The number of benzene rings is 1. The van der Waals surface area contributed by atoms with E-state index in [-0.39, 0.29) is 17.3 Å². The summed E-state index contributed by atoms with van der Waals surface area (Å²) in [4.78, 5) is 28.1. The van der Waals surface area contributed by atoms with E-state index >= 15 is 0 Å². The quantitative estimate of drug-likeness (QED) is 0.440. The average Bonchev–Trinajstić information content (AvgIpc) is 3.36. The van der Waals surface area contributed by atoms with Gasteiger partial charge in [-0.1, -0.05) is 18.2 Å². The fraction of sp³-hybridized carbons (Fsp3) is 0.167. The number of aromatic nitrogens is 1. The van der Waals surface area contributed by atoms with Crippen LogP contribution in [0, 0.1) is 0 Å². The summed E-state index contributed by atoms with van der Waals surface area (Å²) >= 11 is 1.47. The number of carbonyl (C=O) groups is 2. The number of esters is 1. The lowest BCUT2D eigenvalue weighted by molar-refractivity contribution is -0.143. The summed E-state index contributed by atoms with van der Waals surface area (Å²) in [5.74, 6) is -0.504. The molecule has 0 bridgehead atoms. The van der Waals surface area contributed by atoms with Crippen molar-refractivity contribution in [2.45, 2.75) is 18.4 Å². The van der Waals surface area contributed by atoms with Crippen molar-refractivity contribution in [3.8, 4) is 10.8 Å². The van der Waals surface area contributed by atoms with E-state index < -0.39 is 22.5 Å². The second-order valence-corrected chi connectivity index (χ2v) is 8.40. The average molecular weight is 420 g/mol. The van der Waals surface area contributed by atoms with E-state index in [2.05, 4.69) is 9.71 Å². The highest BCUT2D eigenvalue weighted by Gasteiger charge is 2.17. The molecule has 0 spiro atoms. The first-order valence-electron chi connectivity index (χ1n) is 8.10. The van der Waals surface area contributed by atoms with Crippen LogP contribution in [-0.4, -0.2) is 31.7 Å². The third-order valence-electron chi connectivity index (χ3n) is 3.64. The number of thiophene rings is 1. The number of ether oxygens (including phenoxy) is 1. The number of nitrogens with one attached hydrogen (secondary N) is 1.